The number of aryl methyl sites for hydroxylation is 2. The molecule has 0 atom stereocenters. The van der Waals surface area contributed by atoms with Crippen LogP contribution in [0.3, 0.4) is 0 Å². The number of nitrogens with zero attached hydrogens (tertiary/aromatic N) is 2. The Morgan fingerprint density at radius 2 is 2.09 bits per heavy atom. The Morgan fingerprint density at radius 3 is 2.70 bits per heavy atom. The van der Waals surface area contributed by atoms with Crippen molar-refractivity contribution in [2.75, 3.05) is 19.6 Å². The van der Waals surface area contributed by atoms with E-state index in [-0.39, 0.29) is 24.0 Å². The van der Waals surface area contributed by atoms with Crippen molar-refractivity contribution in [3.05, 3.63) is 38.0 Å². The Balaban J connectivity index is 0.00000264. The van der Waals surface area contributed by atoms with Crippen LogP contribution in [-0.2, 0) is 12.8 Å². The normalized spacial score (nSPS) is 11.2. The summed E-state index contributed by atoms with van der Waals surface area (Å²) in [5.74, 6) is 0.893. The number of guanidine groups is 1. The largest absolute Gasteiger partial charge is 0.357 e. The second kappa shape index (κ2) is 11.0. The van der Waals surface area contributed by atoms with E-state index < -0.39 is 0 Å². The van der Waals surface area contributed by atoms with Gasteiger partial charge >= 0.3 is 0 Å². The van der Waals surface area contributed by atoms with Crippen LogP contribution in [0.4, 0.5) is 0 Å². The van der Waals surface area contributed by atoms with Crippen LogP contribution in [0.25, 0.3) is 0 Å². The van der Waals surface area contributed by atoms with E-state index in [1.165, 1.54) is 14.8 Å². The van der Waals surface area contributed by atoms with Crippen LogP contribution in [-0.4, -0.2) is 30.6 Å². The van der Waals surface area contributed by atoms with Gasteiger partial charge in [0, 0.05) is 35.8 Å². The van der Waals surface area contributed by atoms with Gasteiger partial charge in [0.15, 0.2) is 5.96 Å². The van der Waals surface area contributed by atoms with Crippen LogP contribution in [0.2, 0.25) is 0 Å². The van der Waals surface area contributed by atoms with E-state index in [4.69, 9.17) is 0 Å². The van der Waals surface area contributed by atoms with Gasteiger partial charge in [0.1, 0.15) is 0 Å². The van der Waals surface area contributed by atoms with Crippen molar-refractivity contribution in [1.29, 1.82) is 0 Å². The number of aromatic nitrogens is 1. The first-order chi connectivity index (χ1) is 10.7. The van der Waals surface area contributed by atoms with Gasteiger partial charge in [0.2, 0.25) is 0 Å². The maximum Gasteiger partial charge on any atom is 0.191 e. The lowest BCUT2D eigenvalue weighted by molar-refractivity contribution is 0.800. The maximum absolute atomic E-state index is 4.63. The quantitative estimate of drug-likeness (QED) is 0.373. The van der Waals surface area contributed by atoms with Crippen molar-refractivity contribution in [3.8, 4) is 0 Å². The Labute approximate surface area is 163 Å². The van der Waals surface area contributed by atoms with E-state index in [0.29, 0.717) is 0 Å². The third kappa shape index (κ3) is 7.17. The molecule has 7 heteroatoms. The minimum absolute atomic E-state index is 0. The molecule has 23 heavy (non-hydrogen) atoms. The predicted octanol–water partition coefficient (Wildman–Crippen LogP) is 3.78. The molecular weight excluding hydrogens is 439 g/mol. The van der Waals surface area contributed by atoms with Gasteiger partial charge in [-0.1, -0.05) is 6.07 Å². The zero-order valence-electron chi connectivity index (χ0n) is 13.9. The molecule has 4 nitrogen and oxygen atoms in total. The van der Waals surface area contributed by atoms with Gasteiger partial charge in [-0.2, -0.15) is 0 Å². The van der Waals surface area contributed by atoms with Crippen molar-refractivity contribution in [2.45, 2.75) is 33.6 Å². The topological polar surface area (TPSA) is 49.3 Å². The van der Waals surface area contributed by atoms with Crippen molar-refractivity contribution in [1.82, 2.24) is 15.6 Å². The standard InChI is InChI=1S/C16H24N4S2.HI/c1-4-17-16(18-9-7-14-6-5-11-21-14)19-10-8-15-20-12(2)13(3)22-15;/h5-6,11H,4,7-10H2,1-3H3,(H2,17,18,19);1H. The Morgan fingerprint density at radius 1 is 1.26 bits per heavy atom. The van der Waals surface area contributed by atoms with Gasteiger partial charge in [-0.15, -0.1) is 46.7 Å². The average molecular weight is 464 g/mol. The number of thiophene rings is 1. The Bertz CT molecular complexity index is 574. The van der Waals surface area contributed by atoms with Gasteiger partial charge in [-0.3, -0.25) is 4.99 Å². The van der Waals surface area contributed by atoms with Crippen molar-refractivity contribution >= 4 is 52.6 Å². The summed E-state index contributed by atoms with van der Waals surface area (Å²) in [5, 5.41) is 9.97. The predicted molar refractivity (Wildman–Crippen MR) is 113 cm³/mol. The minimum Gasteiger partial charge on any atom is -0.357 e. The molecule has 2 heterocycles. The molecule has 2 aromatic heterocycles. The van der Waals surface area contributed by atoms with Gasteiger partial charge in [0.25, 0.3) is 0 Å². The van der Waals surface area contributed by atoms with Crippen molar-refractivity contribution in [2.24, 2.45) is 4.99 Å². The lowest BCUT2D eigenvalue weighted by Crippen LogP contribution is -2.38. The number of halogens is 1. The van der Waals surface area contributed by atoms with Crippen LogP contribution in [0, 0.1) is 13.8 Å². The fraction of sp³-hybridized carbons (Fsp3) is 0.500. The molecule has 0 saturated carbocycles. The molecule has 0 radical (unpaired) electrons. The van der Waals surface area contributed by atoms with Crippen molar-refractivity contribution < 1.29 is 0 Å². The molecule has 0 bridgehead atoms. The zero-order valence-corrected chi connectivity index (χ0v) is 17.9. The number of hydrogen-bond donors (Lipinski definition) is 2. The SMILES string of the molecule is CCNC(=NCCc1nc(C)c(C)s1)NCCc1cccs1.I. The lowest BCUT2D eigenvalue weighted by atomic mass is 10.3. The number of thiazole rings is 1. The van der Waals surface area contributed by atoms with E-state index in [2.05, 4.69) is 58.9 Å². The summed E-state index contributed by atoms with van der Waals surface area (Å²) in [6.45, 7) is 8.82. The molecule has 0 aliphatic rings. The van der Waals surface area contributed by atoms with Gasteiger partial charge < -0.3 is 10.6 Å². The second-order valence-corrected chi connectivity index (χ2v) is 7.34. The number of nitrogens with one attached hydrogen (secondary N) is 2. The molecule has 2 N–H and O–H groups in total. The molecule has 0 spiro atoms. The summed E-state index contributed by atoms with van der Waals surface area (Å²) >= 11 is 3.58. The highest BCUT2D eigenvalue weighted by atomic mass is 127. The van der Waals surface area contributed by atoms with E-state index in [1.54, 1.807) is 22.7 Å². The van der Waals surface area contributed by atoms with Crippen LogP contribution in [0.1, 0.15) is 27.4 Å². The molecule has 2 aromatic rings. The summed E-state index contributed by atoms with van der Waals surface area (Å²) in [6, 6.07) is 4.26. The highest BCUT2D eigenvalue weighted by Gasteiger charge is 2.03. The van der Waals surface area contributed by atoms with Crippen LogP contribution >= 0.6 is 46.7 Å². The lowest BCUT2D eigenvalue weighted by Gasteiger charge is -2.10. The van der Waals surface area contributed by atoms with Crippen molar-refractivity contribution in [3.63, 3.8) is 0 Å². The average Bonchev–Trinajstić information content (AvgIpc) is 3.10. The fourth-order valence-electron chi connectivity index (χ4n) is 2.01. The third-order valence-electron chi connectivity index (χ3n) is 3.26. The summed E-state index contributed by atoms with van der Waals surface area (Å²) in [7, 11) is 0. The molecule has 0 aliphatic carbocycles. The van der Waals surface area contributed by atoms with Gasteiger partial charge in [-0.05, 0) is 38.6 Å². The highest BCUT2D eigenvalue weighted by Crippen LogP contribution is 2.16. The summed E-state index contributed by atoms with van der Waals surface area (Å²) in [5.41, 5.74) is 1.14. The van der Waals surface area contributed by atoms with E-state index >= 15 is 0 Å². The number of aliphatic imine (C=N–C) groups is 1. The molecule has 0 aromatic carbocycles. The zero-order chi connectivity index (χ0) is 15.8. The van der Waals surface area contributed by atoms with E-state index in [0.717, 1.165) is 44.1 Å². The molecule has 128 valence electrons. The Kier molecular flexibility index (Phi) is 9.73. The van der Waals surface area contributed by atoms with Gasteiger partial charge in [0.05, 0.1) is 10.7 Å². The molecule has 0 aliphatic heterocycles. The molecule has 2 rings (SSSR count). The monoisotopic (exact) mass is 464 g/mol. The molecule has 0 saturated heterocycles. The van der Waals surface area contributed by atoms with Crippen LogP contribution in [0.15, 0.2) is 22.5 Å². The highest BCUT2D eigenvalue weighted by molar-refractivity contribution is 14.0. The molecule has 0 fully saturated rings. The number of rotatable bonds is 7. The number of hydrogen-bond acceptors (Lipinski definition) is 4. The molecule has 0 amide bonds. The Hall–Kier alpha value is -0.670. The minimum atomic E-state index is 0. The first kappa shape index (κ1) is 20.4. The fourth-order valence-corrected chi connectivity index (χ4v) is 3.64. The smallest absolute Gasteiger partial charge is 0.191 e. The van der Waals surface area contributed by atoms with Gasteiger partial charge in [-0.25, -0.2) is 4.98 Å². The molecular formula is C16H25IN4S2. The van der Waals surface area contributed by atoms with E-state index in [9.17, 15) is 0 Å². The van der Waals surface area contributed by atoms with E-state index in [1.807, 2.05) is 0 Å². The summed E-state index contributed by atoms with van der Waals surface area (Å²) < 4.78 is 0. The first-order valence-corrected chi connectivity index (χ1v) is 9.36. The summed E-state index contributed by atoms with van der Waals surface area (Å²) in [4.78, 5) is 11.9. The first-order valence-electron chi connectivity index (χ1n) is 7.66. The van der Waals surface area contributed by atoms with Crippen LogP contribution < -0.4 is 10.6 Å². The van der Waals surface area contributed by atoms with Crippen LogP contribution in [0.5, 0.6) is 0 Å². The third-order valence-corrected chi connectivity index (χ3v) is 5.33. The second-order valence-electron chi connectivity index (χ2n) is 5.02. The maximum atomic E-state index is 4.63. The molecule has 0 unspecified atom stereocenters. The summed E-state index contributed by atoms with van der Waals surface area (Å²) in [6.07, 6.45) is 1.94.